The Hall–Kier alpha value is -4.14. The summed E-state index contributed by atoms with van der Waals surface area (Å²) < 4.78 is 51.4. The van der Waals surface area contributed by atoms with E-state index in [1.54, 1.807) is 18.2 Å². The van der Waals surface area contributed by atoms with Gasteiger partial charge in [0.2, 0.25) is 5.91 Å². The number of rotatable bonds is 9. The van der Waals surface area contributed by atoms with Crippen molar-refractivity contribution in [1.82, 2.24) is 14.9 Å². The van der Waals surface area contributed by atoms with Crippen molar-refractivity contribution in [2.24, 2.45) is 0 Å². The topological polar surface area (TPSA) is 88.6 Å². The minimum absolute atomic E-state index is 0.180. The monoisotopic (exact) mass is 539 g/mol. The molecule has 0 unspecified atom stereocenters. The Labute approximate surface area is 224 Å². The van der Waals surface area contributed by atoms with Crippen molar-refractivity contribution in [3.8, 4) is 18.1 Å². The van der Waals surface area contributed by atoms with E-state index >= 15 is 0 Å². The van der Waals surface area contributed by atoms with E-state index in [-0.39, 0.29) is 17.6 Å². The zero-order valence-electron chi connectivity index (χ0n) is 21.5. The summed E-state index contributed by atoms with van der Waals surface area (Å²) in [5.74, 6) is 2.47. The van der Waals surface area contributed by atoms with Gasteiger partial charge in [-0.1, -0.05) is 18.9 Å². The molecule has 3 aromatic rings. The summed E-state index contributed by atoms with van der Waals surface area (Å²) in [6.07, 6.45) is 5.82. The molecule has 0 bridgehead atoms. The van der Waals surface area contributed by atoms with E-state index in [1.165, 1.54) is 24.5 Å². The van der Waals surface area contributed by atoms with E-state index in [0.29, 0.717) is 60.0 Å². The highest BCUT2D eigenvalue weighted by molar-refractivity contribution is 6.03. The third-order valence-corrected chi connectivity index (χ3v) is 6.15. The van der Waals surface area contributed by atoms with Gasteiger partial charge in [0.1, 0.15) is 24.0 Å². The number of amides is 1. The molecule has 39 heavy (non-hydrogen) atoms. The van der Waals surface area contributed by atoms with Crippen LogP contribution in [0.2, 0.25) is 0 Å². The maximum atomic E-state index is 13.3. The number of nitrogens with zero attached hydrogens (tertiary/aromatic N) is 3. The largest absolute Gasteiger partial charge is 0.486 e. The first-order valence-electron chi connectivity index (χ1n) is 12.3. The van der Waals surface area contributed by atoms with Crippen molar-refractivity contribution in [3.05, 3.63) is 59.9 Å². The predicted octanol–water partition coefficient (Wildman–Crippen LogP) is 4.99. The van der Waals surface area contributed by atoms with Gasteiger partial charge >= 0.3 is 6.18 Å². The molecule has 1 aliphatic rings. The molecule has 204 valence electrons. The average molecular weight is 540 g/mol. The SMILES string of the molecule is C#Cc1cc(Nc2ncnc3cc(O[C@H]4CCOC4)c(NC(=O)C=CCN(C)CC)cc23)ccc1C(F)(F)F. The minimum Gasteiger partial charge on any atom is -0.486 e. The molecular formula is C28H28F3N5O3. The van der Waals surface area contributed by atoms with E-state index in [1.807, 2.05) is 18.9 Å². The summed E-state index contributed by atoms with van der Waals surface area (Å²) in [5.41, 5.74) is 0.0109. The molecule has 1 saturated heterocycles. The zero-order chi connectivity index (χ0) is 28.0. The number of hydrogen-bond acceptors (Lipinski definition) is 7. The Morgan fingerprint density at radius 2 is 2.13 bits per heavy atom. The lowest BCUT2D eigenvalue weighted by atomic mass is 10.1. The van der Waals surface area contributed by atoms with Gasteiger partial charge in [-0.3, -0.25) is 4.79 Å². The number of benzene rings is 2. The maximum absolute atomic E-state index is 13.3. The lowest BCUT2D eigenvalue weighted by Crippen LogP contribution is -2.19. The Bertz CT molecular complexity index is 1410. The maximum Gasteiger partial charge on any atom is 0.417 e. The van der Waals surface area contributed by atoms with Crippen molar-refractivity contribution in [2.45, 2.75) is 25.6 Å². The molecule has 2 N–H and O–H groups in total. The number of carbonyl (C=O) groups excluding carboxylic acids is 1. The molecule has 0 spiro atoms. The summed E-state index contributed by atoms with van der Waals surface area (Å²) in [5, 5.41) is 6.39. The fraction of sp³-hybridized carbons (Fsp3) is 0.321. The van der Waals surface area contributed by atoms with E-state index in [4.69, 9.17) is 15.9 Å². The molecule has 8 nitrogen and oxygen atoms in total. The number of ether oxygens (including phenoxy) is 2. The van der Waals surface area contributed by atoms with Crippen molar-refractivity contribution in [3.63, 3.8) is 0 Å². The molecule has 2 heterocycles. The highest BCUT2D eigenvalue weighted by Crippen LogP contribution is 2.36. The minimum atomic E-state index is -4.57. The Morgan fingerprint density at radius 3 is 2.82 bits per heavy atom. The first-order valence-corrected chi connectivity index (χ1v) is 12.3. The third kappa shape index (κ3) is 7.04. The first-order chi connectivity index (χ1) is 18.7. The van der Waals surface area contributed by atoms with Crippen molar-refractivity contribution in [2.75, 3.05) is 44.0 Å². The molecule has 0 radical (unpaired) electrons. The number of alkyl halides is 3. The smallest absolute Gasteiger partial charge is 0.417 e. The van der Waals surface area contributed by atoms with Crippen LogP contribution >= 0.6 is 0 Å². The molecule has 1 amide bonds. The fourth-order valence-corrected chi connectivity index (χ4v) is 3.93. The molecule has 1 atom stereocenters. The number of carbonyl (C=O) groups is 1. The summed E-state index contributed by atoms with van der Waals surface area (Å²) in [7, 11) is 1.94. The van der Waals surface area contributed by atoms with E-state index < -0.39 is 11.7 Å². The van der Waals surface area contributed by atoms with Crippen molar-refractivity contribution < 1.29 is 27.4 Å². The second kappa shape index (κ2) is 12.1. The number of hydrogen-bond donors (Lipinski definition) is 2. The van der Waals surface area contributed by atoms with Gasteiger partial charge in [-0.25, -0.2) is 9.97 Å². The molecule has 1 aliphatic heterocycles. The van der Waals surface area contributed by atoms with Gasteiger partial charge in [-0.2, -0.15) is 13.2 Å². The summed E-state index contributed by atoms with van der Waals surface area (Å²) in [4.78, 5) is 23.3. The van der Waals surface area contributed by atoms with Crippen LogP contribution in [0.25, 0.3) is 10.9 Å². The molecule has 2 aromatic carbocycles. The number of anilines is 3. The number of terminal acetylenes is 1. The van der Waals surface area contributed by atoms with Crippen molar-refractivity contribution >= 4 is 34.0 Å². The predicted molar refractivity (Wildman–Crippen MR) is 143 cm³/mol. The molecule has 1 aromatic heterocycles. The zero-order valence-corrected chi connectivity index (χ0v) is 21.5. The van der Waals surface area contributed by atoms with Crippen LogP contribution in [-0.4, -0.2) is 60.2 Å². The van der Waals surface area contributed by atoms with Crippen LogP contribution in [0.5, 0.6) is 5.75 Å². The highest BCUT2D eigenvalue weighted by atomic mass is 19.4. The summed E-state index contributed by atoms with van der Waals surface area (Å²) in [6.45, 7) is 4.48. The van der Waals surface area contributed by atoms with Crippen LogP contribution in [0, 0.1) is 12.3 Å². The van der Waals surface area contributed by atoms with Gasteiger partial charge in [0, 0.05) is 41.7 Å². The molecule has 1 fully saturated rings. The number of nitrogens with one attached hydrogen (secondary N) is 2. The highest BCUT2D eigenvalue weighted by Gasteiger charge is 2.33. The molecular weight excluding hydrogens is 511 g/mol. The van der Waals surface area contributed by atoms with Crippen LogP contribution in [0.3, 0.4) is 0 Å². The van der Waals surface area contributed by atoms with Crippen molar-refractivity contribution in [1.29, 1.82) is 0 Å². The van der Waals surface area contributed by atoms with Gasteiger partial charge in [-0.15, -0.1) is 6.42 Å². The van der Waals surface area contributed by atoms with E-state index in [2.05, 4.69) is 26.5 Å². The number of fused-ring (bicyclic) bond motifs is 1. The van der Waals surface area contributed by atoms with Gasteiger partial charge < -0.3 is 25.0 Å². The second-order valence-electron chi connectivity index (χ2n) is 8.97. The van der Waals surface area contributed by atoms with Crippen LogP contribution < -0.4 is 15.4 Å². The average Bonchev–Trinajstić information content (AvgIpc) is 3.41. The van der Waals surface area contributed by atoms with Gasteiger partial charge in [0.15, 0.2) is 0 Å². The molecule has 0 aliphatic carbocycles. The van der Waals surface area contributed by atoms with Crippen LogP contribution in [-0.2, 0) is 15.7 Å². The lowest BCUT2D eigenvalue weighted by molar-refractivity contribution is -0.137. The normalized spacial score (nSPS) is 15.6. The second-order valence-corrected chi connectivity index (χ2v) is 8.97. The number of aromatic nitrogens is 2. The molecule has 11 heteroatoms. The molecule has 0 saturated carbocycles. The molecule has 4 rings (SSSR count). The van der Waals surface area contributed by atoms with Gasteiger partial charge in [-0.05, 0) is 37.9 Å². The van der Waals surface area contributed by atoms with Gasteiger partial charge in [0.05, 0.1) is 30.0 Å². The van der Waals surface area contributed by atoms with Crippen LogP contribution in [0.1, 0.15) is 24.5 Å². The van der Waals surface area contributed by atoms with E-state index in [9.17, 15) is 18.0 Å². The Balaban J connectivity index is 1.68. The van der Waals surface area contributed by atoms with Gasteiger partial charge in [0.25, 0.3) is 0 Å². The fourth-order valence-electron chi connectivity index (χ4n) is 3.93. The summed E-state index contributed by atoms with van der Waals surface area (Å²) in [6, 6.07) is 6.78. The quantitative estimate of drug-likeness (QED) is 0.293. The Morgan fingerprint density at radius 1 is 1.31 bits per heavy atom. The number of halogens is 3. The number of likely N-dealkylation sites (N-methyl/N-ethyl adjacent to an activating group) is 1. The third-order valence-electron chi connectivity index (χ3n) is 6.15. The first kappa shape index (κ1) is 27.9. The summed E-state index contributed by atoms with van der Waals surface area (Å²) >= 11 is 0. The van der Waals surface area contributed by atoms with E-state index in [0.717, 1.165) is 12.6 Å². The lowest BCUT2D eigenvalue weighted by Gasteiger charge is -2.18. The Kier molecular flexibility index (Phi) is 8.69. The standard InChI is InChI=1S/C28H28F3N5O3/c1-4-18-13-19(8-9-22(18)28(29,30)31)34-27-21-14-24(35-26(37)7-6-11-36(3)5-2)25(15-23(21)32-17-33-27)39-20-10-12-38-16-20/h1,6-9,13-15,17,20H,5,10-12,16H2,2-3H3,(H,35,37)(H,32,33,34)/t20-/m0/s1. The van der Waals surface area contributed by atoms with Crippen LogP contribution in [0.15, 0.2) is 48.8 Å². The van der Waals surface area contributed by atoms with Crippen LogP contribution in [0.4, 0.5) is 30.4 Å².